The molecule has 2 aliphatic rings. The number of hydrogen-bond donors (Lipinski definition) is 1. The largest absolute Gasteiger partial charge is 0.481 e. The van der Waals surface area contributed by atoms with Crippen LogP contribution in [-0.4, -0.2) is 51.5 Å². The Kier molecular flexibility index (Phi) is 4.35. The second kappa shape index (κ2) is 6.09. The fraction of sp³-hybridized carbons (Fsp3) is 0.647. The van der Waals surface area contributed by atoms with Crippen molar-refractivity contribution in [1.29, 1.82) is 0 Å². The number of ether oxygens (including phenoxy) is 1. The van der Waals surface area contributed by atoms with Gasteiger partial charge in [0, 0.05) is 18.5 Å². The molecule has 1 atom stereocenters. The number of esters is 1. The van der Waals surface area contributed by atoms with Gasteiger partial charge in [0.05, 0.1) is 23.5 Å². The standard InChI is InChI=1S/C17H22N2O5S/c1-16(2,3)24-15(23)10-4-17(5-10)8-19(7-11(17)14(21)22)13(20)12-6-18-9-25-12/h6,9-11H,4-5,7-8H2,1-3H3,(H,21,22). The molecular weight excluding hydrogens is 344 g/mol. The van der Waals surface area contributed by atoms with Gasteiger partial charge < -0.3 is 14.7 Å². The highest BCUT2D eigenvalue weighted by Crippen LogP contribution is 2.55. The number of aliphatic carboxylic acids is 1. The van der Waals surface area contributed by atoms with E-state index in [2.05, 4.69) is 4.98 Å². The third-order valence-electron chi connectivity index (χ3n) is 4.92. The van der Waals surface area contributed by atoms with Crippen LogP contribution in [0, 0.1) is 17.3 Å². The average molecular weight is 366 g/mol. The van der Waals surface area contributed by atoms with E-state index in [0.29, 0.717) is 24.3 Å². The molecule has 1 saturated carbocycles. The van der Waals surface area contributed by atoms with Crippen molar-refractivity contribution in [3.8, 4) is 0 Å². The number of hydrogen-bond acceptors (Lipinski definition) is 6. The third-order valence-corrected chi connectivity index (χ3v) is 5.68. The maximum Gasteiger partial charge on any atom is 0.309 e. The van der Waals surface area contributed by atoms with Gasteiger partial charge in [-0.1, -0.05) is 0 Å². The molecule has 1 aromatic rings. The average Bonchev–Trinajstić information content (AvgIpc) is 3.10. The van der Waals surface area contributed by atoms with Crippen LogP contribution in [0.1, 0.15) is 43.3 Å². The molecule has 1 aromatic heterocycles. The van der Waals surface area contributed by atoms with E-state index < -0.39 is 22.9 Å². The van der Waals surface area contributed by atoms with E-state index in [1.807, 2.05) is 20.8 Å². The second-order valence-electron chi connectivity index (χ2n) is 7.94. The molecule has 1 spiro atoms. The van der Waals surface area contributed by atoms with Gasteiger partial charge in [-0.25, -0.2) is 0 Å². The monoisotopic (exact) mass is 366 g/mol. The summed E-state index contributed by atoms with van der Waals surface area (Å²) in [6.45, 7) is 5.96. The number of likely N-dealkylation sites (tertiary alicyclic amines) is 1. The lowest BCUT2D eigenvalue weighted by Gasteiger charge is -2.46. The van der Waals surface area contributed by atoms with Crippen molar-refractivity contribution in [2.24, 2.45) is 17.3 Å². The van der Waals surface area contributed by atoms with E-state index in [9.17, 15) is 19.5 Å². The zero-order valence-electron chi connectivity index (χ0n) is 14.5. The lowest BCUT2D eigenvalue weighted by atomic mass is 9.57. The molecule has 1 amide bonds. The molecule has 7 nitrogen and oxygen atoms in total. The fourth-order valence-corrected chi connectivity index (χ4v) is 4.41. The predicted molar refractivity (Wildman–Crippen MR) is 90.1 cm³/mol. The van der Waals surface area contributed by atoms with E-state index in [1.54, 1.807) is 10.4 Å². The third kappa shape index (κ3) is 3.40. The quantitative estimate of drug-likeness (QED) is 0.822. The number of rotatable bonds is 3. The van der Waals surface area contributed by atoms with Gasteiger partial charge in [0.15, 0.2) is 0 Å². The summed E-state index contributed by atoms with van der Waals surface area (Å²) in [5.74, 6) is -2.33. The summed E-state index contributed by atoms with van der Waals surface area (Å²) in [4.78, 5) is 42.4. The van der Waals surface area contributed by atoms with Gasteiger partial charge in [-0.15, -0.1) is 11.3 Å². The van der Waals surface area contributed by atoms with Crippen LogP contribution in [0.4, 0.5) is 0 Å². The van der Waals surface area contributed by atoms with Crippen molar-refractivity contribution >= 4 is 29.2 Å². The first-order chi connectivity index (χ1) is 11.6. The molecule has 0 aromatic carbocycles. The molecule has 1 aliphatic heterocycles. The molecule has 1 N–H and O–H groups in total. The first-order valence-electron chi connectivity index (χ1n) is 8.25. The number of carboxylic acid groups (broad SMARTS) is 1. The van der Waals surface area contributed by atoms with E-state index >= 15 is 0 Å². The van der Waals surface area contributed by atoms with Crippen LogP contribution in [0.3, 0.4) is 0 Å². The smallest absolute Gasteiger partial charge is 0.309 e. The van der Waals surface area contributed by atoms with Crippen LogP contribution in [0.5, 0.6) is 0 Å². The van der Waals surface area contributed by atoms with Crippen molar-refractivity contribution in [2.45, 2.75) is 39.2 Å². The molecule has 2 heterocycles. The van der Waals surface area contributed by atoms with Gasteiger partial charge in [-0.05, 0) is 33.6 Å². The topological polar surface area (TPSA) is 96.8 Å². The minimum Gasteiger partial charge on any atom is -0.481 e. The lowest BCUT2D eigenvalue weighted by molar-refractivity contribution is -0.172. The SMILES string of the molecule is CC(C)(C)OC(=O)C1CC2(C1)CN(C(=O)c1cncs1)CC2C(=O)O. The number of amides is 1. The van der Waals surface area contributed by atoms with E-state index in [-0.39, 0.29) is 24.3 Å². The molecule has 8 heteroatoms. The van der Waals surface area contributed by atoms with Gasteiger partial charge in [0.1, 0.15) is 10.5 Å². The number of carboxylic acids is 1. The van der Waals surface area contributed by atoms with Crippen LogP contribution >= 0.6 is 11.3 Å². The highest BCUT2D eigenvalue weighted by atomic mass is 32.1. The molecular formula is C17H22N2O5S. The normalized spacial score (nSPS) is 28.7. The number of nitrogens with zero attached hydrogens (tertiary/aromatic N) is 2. The van der Waals surface area contributed by atoms with E-state index in [1.165, 1.54) is 17.5 Å². The number of carbonyl (C=O) groups excluding carboxylic acids is 2. The Morgan fingerprint density at radius 2 is 2.04 bits per heavy atom. The predicted octanol–water partition coefficient (Wildman–Crippen LogP) is 2.04. The highest BCUT2D eigenvalue weighted by Gasteiger charge is 2.60. The molecule has 136 valence electrons. The van der Waals surface area contributed by atoms with E-state index in [0.717, 1.165) is 0 Å². The summed E-state index contributed by atoms with van der Waals surface area (Å²) in [7, 11) is 0. The molecule has 0 radical (unpaired) electrons. The molecule has 1 saturated heterocycles. The molecule has 0 bridgehead atoms. The fourth-order valence-electron chi connectivity index (χ4n) is 3.83. The Morgan fingerprint density at radius 1 is 1.36 bits per heavy atom. The van der Waals surface area contributed by atoms with Crippen molar-refractivity contribution in [2.75, 3.05) is 13.1 Å². The van der Waals surface area contributed by atoms with E-state index in [4.69, 9.17) is 4.74 Å². The van der Waals surface area contributed by atoms with Crippen molar-refractivity contribution in [1.82, 2.24) is 9.88 Å². The van der Waals surface area contributed by atoms with Gasteiger partial charge in [-0.2, -0.15) is 0 Å². The van der Waals surface area contributed by atoms with Gasteiger partial charge >= 0.3 is 11.9 Å². The zero-order chi connectivity index (χ0) is 18.4. The first-order valence-corrected chi connectivity index (χ1v) is 9.13. The van der Waals surface area contributed by atoms with Gasteiger partial charge in [0.2, 0.25) is 0 Å². The van der Waals surface area contributed by atoms with Gasteiger partial charge in [-0.3, -0.25) is 19.4 Å². The van der Waals surface area contributed by atoms with Crippen molar-refractivity contribution in [3.05, 3.63) is 16.6 Å². The Balaban J connectivity index is 1.70. The molecule has 25 heavy (non-hydrogen) atoms. The van der Waals surface area contributed by atoms with Crippen LogP contribution in [0.15, 0.2) is 11.7 Å². The lowest BCUT2D eigenvalue weighted by Crippen LogP contribution is -2.50. The minimum absolute atomic E-state index is 0.174. The highest BCUT2D eigenvalue weighted by molar-refractivity contribution is 7.11. The van der Waals surface area contributed by atoms with Gasteiger partial charge in [0.25, 0.3) is 5.91 Å². The minimum atomic E-state index is -0.915. The van der Waals surface area contributed by atoms with Crippen molar-refractivity contribution in [3.63, 3.8) is 0 Å². The summed E-state index contributed by atoms with van der Waals surface area (Å²) in [5.41, 5.74) is 0.485. The van der Waals surface area contributed by atoms with Crippen LogP contribution in [0.2, 0.25) is 0 Å². The molecule has 1 unspecified atom stereocenters. The molecule has 3 rings (SSSR count). The van der Waals surface area contributed by atoms with Crippen molar-refractivity contribution < 1.29 is 24.2 Å². The summed E-state index contributed by atoms with van der Waals surface area (Å²) < 4.78 is 5.40. The number of thiazole rings is 1. The first kappa shape index (κ1) is 17.8. The number of aromatic nitrogens is 1. The zero-order valence-corrected chi connectivity index (χ0v) is 15.3. The summed E-state index contributed by atoms with van der Waals surface area (Å²) in [5, 5.41) is 9.59. The Hall–Kier alpha value is -1.96. The molecule has 2 fully saturated rings. The Morgan fingerprint density at radius 3 is 2.56 bits per heavy atom. The second-order valence-corrected chi connectivity index (χ2v) is 8.83. The maximum atomic E-state index is 12.5. The summed E-state index contributed by atoms with van der Waals surface area (Å²) in [6, 6.07) is 0. The Bertz CT molecular complexity index is 688. The Labute approximate surface area is 150 Å². The summed E-state index contributed by atoms with van der Waals surface area (Å²) >= 11 is 1.24. The summed E-state index contributed by atoms with van der Waals surface area (Å²) in [6.07, 6.45) is 2.40. The maximum absolute atomic E-state index is 12.5. The van der Waals surface area contributed by atoms with Crippen LogP contribution in [0.25, 0.3) is 0 Å². The van der Waals surface area contributed by atoms with Crippen LogP contribution < -0.4 is 0 Å². The number of carbonyl (C=O) groups is 3. The molecule has 1 aliphatic carbocycles. The van der Waals surface area contributed by atoms with Crippen LogP contribution in [-0.2, 0) is 14.3 Å².